The van der Waals surface area contributed by atoms with Gasteiger partial charge in [-0.05, 0) is 31.0 Å². The summed E-state index contributed by atoms with van der Waals surface area (Å²) >= 11 is 0. The van der Waals surface area contributed by atoms with Crippen molar-refractivity contribution in [3.05, 3.63) is 59.4 Å². The molecule has 122 valence electrons. The van der Waals surface area contributed by atoms with Crippen LogP contribution in [-0.4, -0.2) is 29.4 Å². The highest BCUT2D eigenvalue weighted by atomic mass is 16.2. The Morgan fingerprint density at radius 2 is 2.09 bits per heavy atom. The zero-order valence-corrected chi connectivity index (χ0v) is 14.2. The van der Waals surface area contributed by atoms with Gasteiger partial charge < -0.3 is 10.2 Å². The SMILES string of the molecule is CCCCN(C)C(=O)c1ccc(NCc2cccc(C)c2)cn1. The van der Waals surface area contributed by atoms with E-state index in [1.54, 1.807) is 17.2 Å². The summed E-state index contributed by atoms with van der Waals surface area (Å²) in [5, 5.41) is 3.33. The Morgan fingerprint density at radius 1 is 1.26 bits per heavy atom. The van der Waals surface area contributed by atoms with E-state index in [9.17, 15) is 4.79 Å². The molecule has 1 N–H and O–H groups in total. The van der Waals surface area contributed by atoms with Crippen LogP contribution in [0.5, 0.6) is 0 Å². The number of rotatable bonds is 7. The second kappa shape index (κ2) is 8.32. The molecule has 1 amide bonds. The van der Waals surface area contributed by atoms with Gasteiger partial charge in [0.25, 0.3) is 5.91 Å². The largest absolute Gasteiger partial charge is 0.380 e. The van der Waals surface area contributed by atoms with Crippen LogP contribution in [0, 0.1) is 6.92 Å². The molecular formula is C19H25N3O. The van der Waals surface area contributed by atoms with E-state index in [1.807, 2.05) is 13.1 Å². The van der Waals surface area contributed by atoms with E-state index in [2.05, 4.69) is 48.4 Å². The minimum atomic E-state index is -0.0244. The number of carbonyl (C=O) groups excluding carboxylic acids is 1. The maximum atomic E-state index is 12.2. The molecule has 0 fully saturated rings. The topological polar surface area (TPSA) is 45.2 Å². The molecule has 2 aromatic rings. The average Bonchev–Trinajstić information content (AvgIpc) is 2.57. The fourth-order valence-electron chi connectivity index (χ4n) is 2.34. The van der Waals surface area contributed by atoms with Crippen molar-refractivity contribution in [3.8, 4) is 0 Å². The third-order valence-electron chi connectivity index (χ3n) is 3.76. The van der Waals surface area contributed by atoms with E-state index in [0.717, 1.165) is 31.6 Å². The van der Waals surface area contributed by atoms with E-state index in [1.165, 1.54) is 11.1 Å². The summed E-state index contributed by atoms with van der Waals surface area (Å²) in [6.45, 7) is 5.71. The molecular weight excluding hydrogens is 286 g/mol. The van der Waals surface area contributed by atoms with Crippen LogP contribution < -0.4 is 5.32 Å². The Bertz CT molecular complexity index is 637. The van der Waals surface area contributed by atoms with Crippen LogP contribution in [0.4, 0.5) is 5.69 Å². The first-order valence-corrected chi connectivity index (χ1v) is 8.11. The molecule has 0 unspecified atom stereocenters. The Balaban J connectivity index is 1.92. The van der Waals surface area contributed by atoms with E-state index in [-0.39, 0.29) is 5.91 Å². The van der Waals surface area contributed by atoms with Crippen molar-refractivity contribution in [1.29, 1.82) is 0 Å². The first-order chi connectivity index (χ1) is 11.1. The summed E-state index contributed by atoms with van der Waals surface area (Å²) in [5.41, 5.74) is 3.88. The van der Waals surface area contributed by atoms with Gasteiger partial charge in [0.1, 0.15) is 5.69 Å². The number of nitrogens with one attached hydrogen (secondary N) is 1. The number of amides is 1. The van der Waals surface area contributed by atoms with Gasteiger partial charge in [0.2, 0.25) is 0 Å². The minimum absolute atomic E-state index is 0.0244. The van der Waals surface area contributed by atoms with Gasteiger partial charge in [0.05, 0.1) is 11.9 Å². The number of carbonyl (C=O) groups is 1. The lowest BCUT2D eigenvalue weighted by Crippen LogP contribution is -2.28. The van der Waals surface area contributed by atoms with Crippen LogP contribution >= 0.6 is 0 Å². The first-order valence-electron chi connectivity index (χ1n) is 8.11. The zero-order valence-electron chi connectivity index (χ0n) is 14.2. The first kappa shape index (κ1) is 17.0. The molecule has 4 nitrogen and oxygen atoms in total. The molecule has 0 spiro atoms. The van der Waals surface area contributed by atoms with Crippen LogP contribution in [0.3, 0.4) is 0 Å². The molecule has 1 aromatic heterocycles. The van der Waals surface area contributed by atoms with Crippen molar-refractivity contribution < 1.29 is 4.79 Å². The van der Waals surface area contributed by atoms with Crippen LogP contribution in [0.1, 0.15) is 41.4 Å². The zero-order chi connectivity index (χ0) is 16.7. The van der Waals surface area contributed by atoms with Gasteiger partial charge in [-0.2, -0.15) is 0 Å². The van der Waals surface area contributed by atoms with Crippen LogP contribution in [-0.2, 0) is 6.54 Å². The van der Waals surface area contributed by atoms with Crippen molar-refractivity contribution in [1.82, 2.24) is 9.88 Å². The molecule has 0 aliphatic heterocycles. The van der Waals surface area contributed by atoms with Crippen LogP contribution in [0.15, 0.2) is 42.6 Å². The Kier molecular flexibility index (Phi) is 6.15. The number of anilines is 1. The summed E-state index contributed by atoms with van der Waals surface area (Å²) in [6, 6.07) is 12.1. The molecule has 0 bridgehead atoms. The third-order valence-corrected chi connectivity index (χ3v) is 3.76. The molecule has 23 heavy (non-hydrogen) atoms. The van der Waals surface area contributed by atoms with Gasteiger partial charge in [0.15, 0.2) is 0 Å². The molecule has 0 saturated heterocycles. The van der Waals surface area contributed by atoms with Gasteiger partial charge in [-0.15, -0.1) is 0 Å². The van der Waals surface area contributed by atoms with Crippen molar-refractivity contribution in [2.75, 3.05) is 18.9 Å². The van der Waals surface area contributed by atoms with Gasteiger partial charge in [-0.25, -0.2) is 4.98 Å². The molecule has 1 aromatic carbocycles. The third kappa shape index (κ3) is 5.09. The van der Waals surface area contributed by atoms with Gasteiger partial charge in [0, 0.05) is 20.1 Å². The minimum Gasteiger partial charge on any atom is -0.380 e. The quantitative estimate of drug-likeness (QED) is 0.844. The molecule has 0 radical (unpaired) electrons. The highest BCUT2D eigenvalue weighted by Gasteiger charge is 2.12. The van der Waals surface area contributed by atoms with Gasteiger partial charge in [-0.3, -0.25) is 4.79 Å². The fourth-order valence-corrected chi connectivity index (χ4v) is 2.34. The Labute approximate surface area is 138 Å². The van der Waals surface area contributed by atoms with Crippen LogP contribution in [0.25, 0.3) is 0 Å². The normalized spacial score (nSPS) is 10.4. The lowest BCUT2D eigenvalue weighted by atomic mass is 10.1. The summed E-state index contributed by atoms with van der Waals surface area (Å²) in [7, 11) is 1.82. The summed E-state index contributed by atoms with van der Waals surface area (Å²) in [4.78, 5) is 18.2. The van der Waals surface area contributed by atoms with E-state index < -0.39 is 0 Å². The molecule has 1 heterocycles. The summed E-state index contributed by atoms with van der Waals surface area (Å²) < 4.78 is 0. The van der Waals surface area contributed by atoms with Crippen LogP contribution in [0.2, 0.25) is 0 Å². The number of hydrogen-bond acceptors (Lipinski definition) is 3. The number of unbranched alkanes of at least 4 members (excludes halogenated alkanes) is 1. The second-order valence-electron chi connectivity index (χ2n) is 5.85. The Hall–Kier alpha value is -2.36. The lowest BCUT2D eigenvalue weighted by molar-refractivity contribution is 0.0787. The number of nitrogens with zero attached hydrogens (tertiary/aromatic N) is 2. The van der Waals surface area contributed by atoms with E-state index in [4.69, 9.17) is 0 Å². The molecule has 4 heteroatoms. The number of hydrogen-bond donors (Lipinski definition) is 1. The monoisotopic (exact) mass is 311 g/mol. The maximum absolute atomic E-state index is 12.2. The molecule has 0 aliphatic rings. The second-order valence-corrected chi connectivity index (χ2v) is 5.85. The van der Waals surface area contributed by atoms with Gasteiger partial charge in [-0.1, -0.05) is 43.2 Å². The summed E-state index contributed by atoms with van der Waals surface area (Å²) in [6.07, 6.45) is 3.81. The molecule has 0 aliphatic carbocycles. The van der Waals surface area contributed by atoms with Crippen molar-refractivity contribution in [2.24, 2.45) is 0 Å². The smallest absolute Gasteiger partial charge is 0.272 e. The molecule has 2 rings (SSSR count). The predicted molar refractivity (Wildman–Crippen MR) is 94.6 cm³/mol. The predicted octanol–water partition coefficient (Wildman–Crippen LogP) is 3.87. The fraction of sp³-hybridized carbons (Fsp3) is 0.368. The lowest BCUT2D eigenvalue weighted by Gasteiger charge is -2.16. The summed E-state index contributed by atoms with van der Waals surface area (Å²) in [5.74, 6) is -0.0244. The number of benzene rings is 1. The molecule has 0 saturated carbocycles. The maximum Gasteiger partial charge on any atom is 0.272 e. The Morgan fingerprint density at radius 3 is 2.74 bits per heavy atom. The number of pyridine rings is 1. The van der Waals surface area contributed by atoms with Crippen molar-refractivity contribution >= 4 is 11.6 Å². The molecule has 0 atom stereocenters. The number of aryl methyl sites for hydroxylation is 1. The average molecular weight is 311 g/mol. The standard InChI is InChI=1S/C19H25N3O/c1-4-5-11-22(3)19(23)18-10-9-17(14-21-18)20-13-16-8-6-7-15(2)12-16/h6-10,12,14,20H,4-5,11,13H2,1-3H3. The van der Waals surface area contributed by atoms with Crippen molar-refractivity contribution in [2.45, 2.75) is 33.2 Å². The van der Waals surface area contributed by atoms with E-state index >= 15 is 0 Å². The number of aromatic nitrogens is 1. The van der Waals surface area contributed by atoms with E-state index in [0.29, 0.717) is 5.69 Å². The highest BCUT2D eigenvalue weighted by Crippen LogP contribution is 2.11. The highest BCUT2D eigenvalue weighted by molar-refractivity contribution is 5.92. The van der Waals surface area contributed by atoms with Crippen molar-refractivity contribution in [3.63, 3.8) is 0 Å². The van der Waals surface area contributed by atoms with Gasteiger partial charge >= 0.3 is 0 Å².